The first-order chi connectivity index (χ1) is 22.7. The standard InChI is InChI=1S/C42H73NO3/c1-3-5-7-9-11-13-15-17-18-19-20-21-22-23-24-26-28-30-32-34-36-38-42(46)43-40(39-44)41(45)37-35-33-31-29-27-25-16-14-12-10-8-6-4-2/h5,7,11,13,17-18,20-21,23-24,28,30,40-41,44-45H,3-4,6,8-10,12,14-16,19,22,25-27,29,31-39H2,1-2H3,(H,43,46)/b7-5-,13-11-,18-17-,21-20-,24-23-,30-28-. The van der Waals surface area contributed by atoms with Gasteiger partial charge in [0.25, 0.3) is 0 Å². The van der Waals surface area contributed by atoms with Gasteiger partial charge in [0, 0.05) is 6.42 Å². The average Bonchev–Trinajstić information content (AvgIpc) is 3.06. The highest BCUT2D eigenvalue weighted by atomic mass is 16.3. The van der Waals surface area contributed by atoms with Gasteiger partial charge in [0.1, 0.15) is 0 Å². The first kappa shape index (κ1) is 43.8. The Hall–Kier alpha value is -2.17. The smallest absolute Gasteiger partial charge is 0.220 e. The predicted molar refractivity (Wildman–Crippen MR) is 202 cm³/mol. The highest BCUT2D eigenvalue weighted by molar-refractivity contribution is 5.76. The van der Waals surface area contributed by atoms with Gasteiger partial charge < -0.3 is 15.5 Å². The molecular formula is C42H73NO3. The van der Waals surface area contributed by atoms with Crippen LogP contribution in [0.4, 0.5) is 0 Å². The van der Waals surface area contributed by atoms with Crippen molar-refractivity contribution in [3.63, 3.8) is 0 Å². The lowest BCUT2D eigenvalue weighted by molar-refractivity contribution is -0.123. The van der Waals surface area contributed by atoms with Crippen molar-refractivity contribution in [3.8, 4) is 0 Å². The summed E-state index contributed by atoms with van der Waals surface area (Å²) in [6.45, 7) is 4.20. The number of rotatable bonds is 33. The van der Waals surface area contributed by atoms with Crippen molar-refractivity contribution >= 4 is 5.91 Å². The summed E-state index contributed by atoms with van der Waals surface area (Å²) in [7, 11) is 0. The Labute approximate surface area is 285 Å². The SMILES string of the molecule is CC/C=C\C/C=C\C/C=C\C/C=C\C/C=C\C/C=C\CCCCC(=O)NC(CO)C(O)CCCCCCCCCCCCCCC. The zero-order chi connectivity index (χ0) is 33.6. The van der Waals surface area contributed by atoms with E-state index in [1.807, 2.05) is 0 Å². The molecule has 1 amide bonds. The minimum Gasteiger partial charge on any atom is -0.394 e. The second kappa shape index (κ2) is 37.3. The van der Waals surface area contributed by atoms with E-state index in [0.29, 0.717) is 12.8 Å². The number of nitrogens with one attached hydrogen (secondary N) is 1. The van der Waals surface area contributed by atoms with Crippen LogP contribution in [0.25, 0.3) is 0 Å². The number of carbonyl (C=O) groups is 1. The van der Waals surface area contributed by atoms with E-state index in [1.54, 1.807) is 0 Å². The number of hydrogen-bond donors (Lipinski definition) is 3. The van der Waals surface area contributed by atoms with Crippen LogP contribution in [0.15, 0.2) is 72.9 Å². The van der Waals surface area contributed by atoms with Crippen LogP contribution in [0.3, 0.4) is 0 Å². The average molecular weight is 640 g/mol. The lowest BCUT2D eigenvalue weighted by Gasteiger charge is -2.22. The molecule has 0 saturated heterocycles. The summed E-state index contributed by atoms with van der Waals surface area (Å²) in [5.41, 5.74) is 0. The molecule has 4 nitrogen and oxygen atoms in total. The Morgan fingerprint density at radius 3 is 1.39 bits per heavy atom. The molecule has 0 saturated carbocycles. The molecule has 0 spiro atoms. The summed E-state index contributed by atoms with van der Waals surface area (Å²) in [4.78, 5) is 12.3. The molecule has 0 aliphatic carbocycles. The summed E-state index contributed by atoms with van der Waals surface area (Å²) in [5, 5.41) is 23.0. The maximum absolute atomic E-state index is 12.3. The summed E-state index contributed by atoms with van der Waals surface area (Å²) >= 11 is 0. The zero-order valence-electron chi connectivity index (χ0n) is 30.1. The van der Waals surface area contributed by atoms with E-state index in [0.717, 1.165) is 70.6 Å². The minimum absolute atomic E-state index is 0.0776. The van der Waals surface area contributed by atoms with Gasteiger partial charge in [-0.2, -0.15) is 0 Å². The van der Waals surface area contributed by atoms with E-state index >= 15 is 0 Å². The molecule has 2 atom stereocenters. The molecular weight excluding hydrogens is 566 g/mol. The normalized spacial score (nSPS) is 13.9. The third-order valence-electron chi connectivity index (χ3n) is 8.23. The third kappa shape index (κ3) is 33.2. The van der Waals surface area contributed by atoms with Crippen molar-refractivity contribution in [1.82, 2.24) is 5.32 Å². The first-order valence-corrected chi connectivity index (χ1v) is 19.1. The summed E-state index contributed by atoms with van der Waals surface area (Å²) in [5.74, 6) is -0.0776. The molecule has 2 unspecified atom stereocenters. The minimum atomic E-state index is -0.680. The number of aliphatic hydroxyl groups is 2. The van der Waals surface area contributed by atoms with E-state index in [4.69, 9.17) is 0 Å². The Kier molecular flexibility index (Phi) is 35.5. The maximum atomic E-state index is 12.3. The molecule has 0 bridgehead atoms. The van der Waals surface area contributed by atoms with Crippen molar-refractivity contribution in [2.24, 2.45) is 0 Å². The van der Waals surface area contributed by atoms with Crippen LogP contribution in [-0.2, 0) is 4.79 Å². The lowest BCUT2D eigenvalue weighted by Crippen LogP contribution is -2.45. The van der Waals surface area contributed by atoms with Gasteiger partial charge in [-0.3, -0.25) is 4.79 Å². The van der Waals surface area contributed by atoms with Crippen molar-refractivity contribution in [1.29, 1.82) is 0 Å². The number of carbonyl (C=O) groups excluding carboxylic acids is 1. The molecule has 0 rings (SSSR count). The van der Waals surface area contributed by atoms with Crippen molar-refractivity contribution in [3.05, 3.63) is 72.9 Å². The number of hydrogen-bond acceptors (Lipinski definition) is 3. The van der Waals surface area contributed by atoms with Crippen molar-refractivity contribution < 1.29 is 15.0 Å². The van der Waals surface area contributed by atoms with Crippen LogP contribution in [0.2, 0.25) is 0 Å². The predicted octanol–water partition coefficient (Wildman–Crippen LogP) is 11.6. The van der Waals surface area contributed by atoms with Gasteiger partial charge in [-0.1, -0.05) is 170 Å². The number of unbranched alkanes of at least 4 members (excludes halogenated alkanes) is 14. The van der Waals surface area contributed by atoms with Gasteiger partial charge in [-0.25, -0.2) is 0 Å². The maximum Gasteiger partial charge on any atom is 0.220 e. The fourth-order valence-electron chi connectivity index (χ4n) is 5.30. The first-order valence-electron chi connectivity index (χ1n) is 19.1. The van der Waals surface area contributed by atoms with E-state index in [1.165, 1.54) is 70.6 Å². The lowest BCUT2D eigenvalue weighted by atomic mass is 10.0. The highest BCUT2D eigenvalue weighted by Crippen LogP contribution is 2.14. The summed E-state index contributed by atoms with van der Waals surface area (Å²) in [6, 6.07) is -0.562. The van der Waals surface area contributed by atoms with Crippen LogP contribution in [-0.4, -0.2) is 34.9 Å². The highest BCUT2D eigenvalue weighted by Gasteiger charge is 2.19. The van der Waals surface area contributed by atoms with E-state index in [9.17, 15) is 15.0 Å². The van der Waals surface area contributed by atoms with Crippen LogP contribution < -0.4 is 5.32 Å². The van der Waals surface area contributed by atoms with Gasteiger partial charge in [-0.15, -0.1) is 0 Å². The van der Waals surface area contributed by atoms with Gasteiger partial charge in [-0.05, 0) is 64.2 Å². The Balaban J connectivity index is 3.72. The van der Waals surface area contributed by atoms with Crippen molar-refractivity contribution in [2.75, 3.05) is 6.61 Å². The largest absolute Gasteiger partial charge is 0.394 e. The molecule has 46 heavy (non-hydrogen) atoms. The molecule has 0 aromatic carbocycles. The molecule has 0 aromatic heterocycles. The van der Waals surface area contributed by atoms with Crippen LogP contribution in [0, 0.1) is 0 Å². The van der Waals surface area contributed by atoms with Gasteiger partial charge in [0.2, 0.25) is 5.91 Å². The molecule has 0 heterocycles. The fourth-order valence-corrected chi connectivity index (χ4v) is 5.30. The zero-order valence-corrected chi connectivity index (χ0v) is 30.1. The molecule has 3 N–H and O–H groups in total. The summed E-state index contributed by atoms with van der Waals surface area (Å²) in [6.07, 6.45) is 52.4. The van der Waals surface area contributed by atoms with Crippen molar-refractivity contribution in [2.45, 2.75) is 180 Å². The van der Waals surface area contributed by atoms with Gasteiger partial charge >= 0.3 is 0 Å². The second-order valence-electron chi connectivity index (χ2n) is 12.6. The molecule has 264 valence electrons. The molecule has 0 aromatic rings. The molecule has 0 aliphatic heterocycles. The Morgan fingerprint density at radius 1 is 0.543 bits per heavy atom. The van der Waals surface area contributed by atoms with E-state index in [-0.39, 0.29) is 12.5 Å². The number of amides is 1. The Morgan fingerprint density at radius 2 is 0.957 bits per heavy atom. The second-order valence-corrected chi connectivity index (χ2v) is 12.6. The monoisotopic (exact) mass is 640 g/mol. The quantitative estimate of drug-likeness (QED) is 0.0494. The fraction of sp³-hybridized carbons (Fsp3) is 0.690. The number of aliphatic hydroxyl groups excluding tert-OH is 2. The summed E-state index contributed by atoms with van der Waals surface area (Å²) < 4.78 is 0. The van der Waals surface area contributed by atoms with Crippen LogP contribution >= 0.6 is 0 Å². The molecule has 0 aliphatic rings. The Bertz CT molecular complexity index is 823. The molecule has 4 heteroatoms. The third-order valence-corrected chi connectivity index (χ3v) is 8.23. The van der Waals surface area contributed by atoms with Crippen LogP contribution in [0.1, 0.15) is 168 Å². The van der Waals surface area contributed by atoms with E-state index < -0.39 is 12.1 Å². The molecule has 0 radical (unpaired) electrons. The van der Waals surface area contributed by atoms with Gasteiger partial charge in [0.05, 0.1) is 18.8 Å². The van der Waals surface area contributed by atoms with Gasteiger partial charge in [0.15, 0.2) is 0 Å². The van der Waals surface area contributed by atoms with E-state index in [2.05, 4.69) is 92.1 Å². The number of allylic oxidation sites excluding steroid dienone is 12. The molecule has 0 fully saturated rings. The van der Waals surface area contributed by atoms with Crippen LogP contribution in [0.5, 0.6) is 0 Å². The topological polar surface area (TPSA) is 69.6 Å².